The summed E-state index contributed by atoms with van der Waals surface area (Å²) in [6, 6.07) is 1.68. The lowest BCUT2D eigenvalue weighted by molar-refractivity contribution is -0.140. The van der Waals surface area contributed by atoms with E-state index in [4.69, 9.17) is 23.2 Å². The van der Waals surface area contributed by atoms with Crippen LogP contribution in [0.2, 0.25) is 8.67 Å². The van der Waals surface area contributed by atoms with E-state index in [0.29, 0.717) is 19.9 Å². The average Bonchev–Trinajstić information content (AvgIpc) is 2.58. The fourth-order valence-electron chi connectivity index (χ4n) is 0.989. The molecule has 0 bridgehead atoms. The summed E-state index contributed by atoms with van der Waals surface area (Å²) in [7, 11) is 0. The van der Waals surface area contributed by atoms with Gasteiger partial charge in [-0.3, -0.25) is 0 Å². The highest BCUT2D eigenvalue weighted by molar-refractivity contribution is 7.20. The Bertz CT molecular complexity index is 399. The molecular weight excluding hydrogens is 233 g/mol. The van der Waals surface area contributed by atoms with Crippen LogP contribution in [-0.2, 0) is 9.63 Å². The van der Waals surface area contributed by atoms with Crippen LogP contribution in [0.1, 0.15) is 12.0 Å². The Hall–Kier alpha value is -0.580. The highest BCUT2D eigenvalue weighted by atomic mass is 35.5. The summed E-state index contributed by atoms with van der Waals surface area (Å²) < 4.78 is 1.10. The van der Waals surface area contributed by atoms with Crippen molar-refractivity contribution in [2.75, 3.05) is 0 Å². The van der Waals surface area contributed by atoms with Crippen molar-refractivity contribution in [3.63, 3.8) is 0 Å². The summed E-state index contributed by atoms with van der Waals surface area (Å²) in [6.45, 7) is 0. The molecule has 0 atom stereocenters. The number of hydrogen-bond donors (Lipinski definition) is 0. The zero-order valence-corrected chi connectivity index (χ0v) is 8.54. The maximum absolute atomic E-state index is 10.7. The number of thiophene rings is 1. The maximum atomic E-state index is 10.7. The lowest BCUT2D eigenvalue weighted by Gasteiger charge is -1.90. The fourth-order valence-corrected chi connectivity index (χ4v) is 2.50. The largest absolute Gasteiger partial charge is 0.341 e. The number of oxime groups is 1. The number of carbonyl (C=O) groups excluding carboxylic acids is 1. The minimum absolute atomic E-state index is 0.160. The molecule has 3 nitrogen and oxygen atoms in total. The van der Waals surface area contributed by atoms with Crippen molar-refractivity contribution in [3.05, 3.63) is 20.3 Å². The van der Waals surface area contributed by atoms with E-state index in [1.807, 2.05) is 0 Å². The summed E-state index contributed by atoms with van der Waals surface area (Å²) >= 11 is 12.8. The van der Waals surface area contributed by atoms with Gasteiger partial charge in [-0.1, -0.05) is 28.4 Å². The zero-order chi connectivity index (χ0) is 9.42. The molecule has 6 heteroatoms. The van der Waals surface area contributed by atoms with E-state index < -0.39 is 0 Å². The minimum Gasteiger partial charge on any atom is -0.318 e. The summed E-state index contributed by atoms with van der Waals surface area (Å²) in [5, 5.41) is 3.59. The Kier molecular flexibility index (Phi) is 2.27. The molecule has 1 aliphatic rings. The third-order valence-electron chi connectivity index (χ3n) is 1.54. The Labute approximate surface area is 87.9 Å². The standard InChI is InChI=1S/C7H3Cl2NO2S/c8-5-1-3(7(9)13-5)4-2-6(11)12-10-4/h1H,2H2. The predicted molar refractivity (Wildman–Crippen MR) is 51.6 cm³/mol. The summed E-state index contributed by atoms with van der Waals surface area (Å²) in [4.78, 5) is 15.2. The fraction of sp³-hybridized carbons (Fsp3) is 0.143. The first-order valence-corrected chi connectivity index (χ1v) is 4.96. The third kappa shape index (κ3) is 1.70. The number of carbonyl (C=O) groups is 1. The first-order valence-electron chi connectivity index (χ1n) is 3.39. The van der Waals surface area contributed by atoms with E-state index in [2.05, 4.69) is 9.99 Å². The molecule has 0 radical (unpaired) electrons. The average molecular weight is 236 g/mol. The minimum atomic E-state index is -0.367. The van der Waals surface area contributed by atoms with E-state index in [9.17, 15) is 4.79 Å². The van der Waals surface area contributed by atoms with E-state index in [-0.39, 0.29) is 12.4 Å². The van der Waals surface area contributed by atoms with Crippen LogP contribution >= 0.6 is 34.5 Å². The molecule has 0 amide bonds. The van der Waals surface area contributed by atoms with Gasteiger partial charge in [-0.2, -0.15) is 0 Å². The van der Waals surface area contributed by atoms with E-state index in [0.717, 1.165) is 0 Å². The van der Waals surface area contributed by atoms with Gasteiger partial charge in [0, 0.05) is 5.56 Å². The Morgan fingerprint density at radius 1 is 1.54 bits per heavy atom. The molecule has 0 aromatic carbocycles. The van der Waals surface area contributed by atoms with Crippen molar-refractivity contribution in [2.24, 2.45) is 5.16 Å². The van der Waals surface area contributed by atoms with Gasteiger partial charge in [0.1, 0.15) is 10.0 Å². The maximum Gasteiger partial charge on any atom is 0.341 e. The van der Waals surface area contributed by atoms with Gasteiger partial charge in [0.05, 0.1) is 10.8 Å². The predicted octanol–water partition coefficient (Wildman–Crippen LogP) is 2.71. The van der Waals surface area contributed by atoms with Crippen molar-refractivity contribution in [2.45, 2.75) is 6.42 Å². The van der Waals surface area contributed by atoms with Gasteiger partial charge in [0.2, 0.25) is 0 Å². The molecule has 0 aliphatic carbocycles. The van der Waals surface area contributed by atoms with Gasteiger partial charge in [-0.25, -0.2) is 4.79 Å². The molecule has 2 heterocycles. The monoisotopic (exact) mass is 235 g/mol. The number of hydrogen-bond acceptors (Lipinski definition) is 4. The molecule has 0 saturated heterocycles. The van der Waals surface area contributed by atoms with Gasteiger partial charge in [-0.15, -0.1) is 11.3 Å². The molecule has 0 N–H and O–H groups in total. The van der Waals surface area contributed by atoms with Crippen LogP contribution in [0.5, 0.6) is 0 Å². The topological polar surface area (TPSA) is 38.7 Å². The first-order chi connectivity index (χ1) is 6.16. The molecule has 1 aliphatic heterocycles. The Morgan fingerprint density at radius 3 is 2.77 bits per heavy atom. The van der Waals surface area contributed by atoms with E-state index in [1.54, 1.807) is 6.07 Å². The van der Waals surface area contributed by atoms with Gasteiger partial charge < -0.3 is 4.84 Å². The molecule has 0 saturated carbocycles. The van der Waals surface area contributed by atoms with Crippen LogP contribution < -0.4 is 0 Å². The lowest BCUT2D eigenvalue weighted by Crippen LogP contribution is -1.99. The third-order valence-corrected chi connectivity index (χ3v) is 3.02. The van der Waals surface area contributed by atoms with Crippen LogP contribution in [0.15, 0.2) is 11.2 Å². The van der Waals surface area contributed by atoms with Crippen molar-refractivity contribution in [1.29, 1.82) is 0 Å². The number of halogens is 2. The number of rotatable bonds is 1. The highest BCUT2D eigenvalue weighted by Gasteiger charge is 2.22. The van der Waals surface area contributed by atoms with Gasteiger partial charge in [0.15, 0.2) is 0 Å². The SMILES string of the molecule is O=C1CC(c2cc(Cl)sc2Cl)=NO1. The van der Waals surface area contributed by atoms with Crippen molar-refractivity contribution < 1.29 is 9.63 Å². The molecule has 68 valence electrons. The molecule has 0 unspecified atom stereocenters. The smallest absolute Gasteiger partial charge is 0.318 e. The van der Waals surface area contributed by atoms with Crippen LogP contribution in [0.4, 0.5) is 0 Å². The molecule has 13 heavy (non-hydrogen) atoms. The Balaban J connectivity index is 2.36. The lowest BCUT2D eigenvalue weighted by atomic mass is 10.1. The molecular formula is C7H3Cl2NO2S. The van der Waals surface area contributed by atoms with Crippen molar-refractivity contribution >= 4 is 46.2 Å². The molecule has 2 rings (SSSR count). The van der Waals surface area contributed by atoms with Gasteiger partial charge in [0.25, 0.3) is 0 Å². The highest BCUT2D eigenvalue weighted by Crippen LogP contribution is 2.33. The quantitative estimate of drug-likeness (QED) is 0.703. The van der Waals surface area contributed by atoms with Crippen molar-refractivity contribution in [1.82, 2.24) is 0 Å². The second kappa shape index (κ2) is 3.29. The molecule has 1 aromatic rings. The summed E-state index contributed by atoms with van der Waals surface area (Å²) in [5.41, 5.74) is 1.22. The summed E-state index contributed by atoms with van der Waals surface area (Å²) in [5.74, 6) is -0.367. The second-order valence-corrected chi connectivity index (χ2v) is 4.70. The molecule has 0 fully saturated rings. The molecule has 0 spiro atoms. The second-order valence-electron chi connectivity index (χ2n) is 2.42. The van der Waals surface area contributed by atoms with Gasteiger partial charge >= 0.3 is 5.97 Å². The normalized spacial score (nSPS) is 15.8. The summed E-state index contributed by atoms with van der Waals surface area (Å²) in [6.07, 6.45) is 0.160. The Morgan fingerprint density at radius 2 is 2.31 bits per heavy atom. The van der Waals surface area contributed by atoms with Crippen LogP contribution in [0.25, 0.3) is 0 Å². The van der Waals surface area contributed by atoms with Crippen LogP contribution in [0, 0.1) is 0 Å². The van der Waals surface area contributed by atoms with Crippen LogP contribution in [-0.4, -0.2) is 11.7 Å². The van der Waals surface area contributed by atoms with Gasteiger partial charge in [-0.05, 0) is 6.07 Å². The zero-order valence-electron chi connectivity index (χ0n) is 6.21. The molecule has 1 aromatic heterocycles. The van der Waals surface area contributed by atoms with Crippen LogP contribution in [0.3, 0.4) is 0 Å². The van der Waals surface area contributed by atoms with Crippen molar-refractivity contribution in [3.8, 4) is 0 Å². The first kappa shape index (κ1) is 8.99. The van der Waals surface area contributed by atoms with E-state index >= 15 is 0 Å². The van der Waals surface area contributed by atoms with E-state index in [1.165, 1.54) is 11.3 Å². The number of nitrogens with zero attached hydrogens (tertiary/aromatic N) is 1.